The van der Waals surface area contributed by atoms with Gasteiger partial charge in [-0.3, -0.25) is 14.1 Å². The summed E-state index contributed by atoms with van der Waals surface area (Å²) in [6.07, 6.45) is 17.3. The lowest BCUT2D eigenvalue weighted by atomic mass is 10.0. The van der Waals surface area contributed by atoms with Gasteiger partial charge in [0, 0.05) is 61.8 Å². The molecule has 0 fully saturated rings. The number of imidazole rings is 1. The molecule has 0 radical (unpaired) electrons. The van der Waals surface area contributed by atoms with Crippen molar-refractivity contribution in [2.24, 2.45) is 7.05 Å². The largest absolute Gasteiger partial charge is 0.495 e. The van der Waals surface area contributed by atoms with E-state index in [0.29, 0.717) is 18.7 Å². The Bertz CT molecular complexity index is 1410. The molecule has 9 heteroatoms. The van der Waals surface area contributed by atoms with E-state index in [2.05, 4.69) is 44.4 Å². The maximum Gasteiger partial charge on any atom is 0.147 e. The highest BCUT2D eigenvalue weighted by atomic mass is 16.5. The van der Waals surface area contributed by atoms with Crippen LogP contribution in [0.25, 0.3) is 22.5 Å². The molecule has 1 aliphatic rings. The van der Waals surface area contributed by atoms with Crippen molar-refractivity contribution in [1.82, 2.24) is 34.0 Å². The second-order valence-electron chi connectivity index (χ2n) is 7.74. The van der Waals surface area contributed by atoms with Gasteiger partial charge in [-0.2, -0.15) is 10.4 Å². The molecular weight excluding hydrogens is 416 g/mol. The number of pyridine rings is 1. The van der Waals surface area contributed by atoms with Crippen LogP contribution in [0.1, 0.15) is 23.9 Å². The van der Waals surface area contributed by atoms with Gasteiger partial charge in [0.05, 0.1) is 43.7 Å². The summed E-state index contributed by atoms with van der Waals surface area (Å²) in [5.41, 5.74) is 4.37. The molecule has 0 aliphatic carbocycles. The first-order valence-corrected chi connectivity index (χ1v) is 10.5. The van der Waals surface area contributed by atoms with Gasteiger partial charge in [0.15, 0.2) is 0 Å². The van der Waals surface area contributed by atoms with Crippen LogP contribution in [0.4, 0.5) is 0 Å². The van der Waals surface area contributed by atoms with Crippen molar-refractivity contribution in [3.8, 4) is 23.1 Å². The highest BCUT2D eigenvalue weighted by molar-refractivity contribution is 5.74. The first kappa shape index (κ1) is 20.5. The van der Waals surface area contributed by atoms with Gasteiger partial charge in [-0.25, -0.2) is 9.97 Å². The van der Waals surface area contributed by atoms with E-state index in [9.17, 15) is 5.26 Å². The van der Waals surface area contributed by atoms with Crippen molar-refractivity contribution in [2.75, 3.05) is 13.7 Å². The van der Waals surface area contributed by atoms with Gasteiger partial charge in [-0.05, 0) is 11.6 Å². The molecule has 1 unspecified atom stereocenters. The van der Waals surface area contributed by atoms with Crippen molar-refractivity contribution in [1.29, 1.82) is 5.26 Å². The minimum absolute atomic E-state index is 0.169. The predicted octanol–water partition coefficient (Wildman–Crippen LogP) is 3.40. The van der Waals surface area contributed by atoms with Crippen LogP contribution in [0, 0.1) is 11.3 Å². The Morgan fingerprint density at radius 3 is 2.94 bits per heavy atom. The third-order valence-electron chi connectivity index (χ3n) is 5.61. The molecule has 0 saturated heterocycles. The highest BCUT2D eigenvalue weighted by Crippen LogP contribution is 2.31. The molecular formula is C24H22N8O. The quantitative estimate of drug-likeness (QED) is 0.455. The van der Waals surface area contributed by atoms with Crippen LogP contribution >= 0.6 is 0 Å². The van der Waals surface area contributed by atoms with Crippen LogP contribution in [0.2, 0.25) is 0 Å². The number of hydrogen-bond donors (Lipinski definition) is 0. The average Bonchev–Trinajstić information content (AvgIpc) is 3.51. The number of hydrogen-bond acceptors (Lipinski definition) is 7. The summed E-state index contributed by atoms with van der Waals surface area (Å²) in [7, 11) is 3.49. The number of allylic oxidation sites excluding steroid dienone is 2. The summed E-state index contributed by atoms with van der Waals surface area (Å²) in [5, 5.41) is 13.8. The topological polar surface area (TPSA) is 97.2 Å². The summed E-state index contributed by atoms with van der Waals surface area (Å²) in [5.74, 6) is 1.43. The molecule has 0 bridgehead atoms. The summed E-state index contributed by atoms with van der Waals surface area (Å²) in [6.45, 7) is 0.669. The zero-order valence-electron chi connectivity index (χ0n) is 18.3. The molecule has 0 amide bonds. The average molecular weight is 438 g/mol. The predicted molar refractivity (Wildman–Crippen MR) is 123 cm³/mol. The number of methoxy groups -OCH3 is 1. The molecule has 5 heterocycles. The van der Waals surface area contributed by atoms with Gasteiger partial charge in [0.1, 0.15) is 17.2 Å². The molecule has 1 aliphatic heterocycles. The van der Waals surface area contributed by atoms with E-state index in [1.54, 1.807) is 36.6 Å². The number of nitriles is 1. The molecule has 4 aromatic heterocycles. The van der Waals surface area contributed by atoms with Crippen LogP contribution in [-0.4, -0.2) is 47.7 Å². The number of fused-ring (bicyclic) bond motifs is 1. The number of rotatable bonds is 6. The fraction of sp³-hybridized carbons (Fsp3) is 0.208. The van der Waals surface area contributed by atoms with Crippen LogP contribution < -0.4 is 4.74 Å². The van der Waals surface area contributed by atoms with E-state index in [4.69, 9.17) is 9.72 Å². The molecule has 1 atom stereocenters. The molecule has 164 valence electrons. The first-order chi connectivity index (χ1) is 16.2. The van der Waals surface area contributed by atoms with Crippen LogP contribution in [-0.2, 0) is 7.05 Å². The zero-order chi connectivity index (χ0) is 22.8. The van der Waals surface area contributed by atoms with Crippen molar-refractivity contribution in [3.63, 3.8) is 0 Å². The monoisotopic (exact) mass is 438 g/mol. The molecule has 0 saturated carbocycles. The summed E-state index contributed by atoms with van der Waals surface area (Å²) in [4.78, 5) is 15.8. The van der Waals surface area contributed by atoms with Gasteiger partial charge >= 0.3 is 0 Å². The first-order valence-electron chi connectivity index (χ1n) is 10.5. The third kappa shape index (κ3) is 3.94. The Kier molecular flexibility index (Phi) is 5.32. The van der Waals surface area contributed by atoms with Crippen molar-refractivity contribution in [3.05, 3.63) is 79.1 Å². The molecule has 4 aromatic rings. The molecule has 0 N–H and O–H groups in total. The number of aromatic nitrogens is 6. The Balaban J connectivity index is 1.58. The van der Waals surface area contributed by atoms with E-state index in [-0.39, 0.29) is 6.04 Å². The van der Waals surface area contributed by atoms with E-state index >= 15 is 0 Å². The van der Waals surface area contributed by atoms with Crippen molar-refractivity contribution >= 4 is 11.2 Å². The summed E-state index contributed by atoms with van der Waals surface area (Å²) >= 11 is 0. The lowest BCUT2D eigenvalue weighted by Gasteiger charge is -2.31. The normalized spacial score (nSPS) is 14.2. The van der Waals surface area contributed by atoms with E-state index in [1.165, 1.54) is 0 Å². The molecule has 5 rings (SSSR count). The smallest absolute Gasteiger partial charge is 0.147 e. The molecule has 33 heavy (non-hydrogen) atoms. The Morgan fingerprint density at radius 1 is 1.24 bits per heavy atom. The van der Waals surface area contributed by atoms with Crippen LogP contribution in [0.3, 0.4) is 0 Å². The summed E-state index contributed by atoms with van der Waals surface area (Å²) in [6, 6.07) is 6.02. The molecule has 0 aromatic carbocycles. The third-order valence-corrected chi connectivity index (χ3v) is 5.61. The lowest BCUT2D eigenvalue weighted by molar-refractivity contribution is 0.307. The number of ether oxygens (including phenoxy) is 1. The zero-order valence-corrected chi connectivity index (χ0v) is 18.3. The summed E-state index contributed by atoms with van der Waals surface area (Å²) < 4.78 is 9.05. The standard InChI is InChI=1S/C24H22N8O/c1-30-15-19(13-28-30)21-11-23-27-7-9-32(23)24(29-21)17-4-3-8-31(16-17)22(5-6-25)18-10-20(33-2)14-26-12-18/h3-4,7,9-16,22H,5,8H2,1-2H3. The van der Waals surface area contributed by atoms with Crippen molar-refractivity contribution in [2.45, 2.75) is 12.5 Å². The second-order valence-corrected chi connectivity index (χ2v) is 7.74. The van der Waals surface area contributed by atoms with E-state index in [1.807, 2.05) is 36.0 Å². The minimum atomic E-state index is -0.169. The van der Waals surface area contributed by atoms with E-state index in [0.717, 1.165) is 33.9 Å². The Labute approximate surface area is 190 Å². The second kappa shape index (κ2) is 8.59. The van der Waals surface area contributed by atoms with Crippen LogP contribution in [0.15, 0.2) is 67.7 Å². The Hall–Kier alpha value is -4.45. The lowest BCUT2D eigenvalue weighted by Crippen LogP contribution is -2.26. The Morgan fingerprint density at radius 2 is 2.15 bits per heavy atom. The fourth-order valence-electron chi connectivity index (χ4n) is 4.00. The SMILES string of the molecule is COc1cncc(C(CC#N)N2C=C(c3nc(-c4cnn(C)c4)cc4nccn34)C=CC2)c1. The van der Waals surface area contributed by atoms with E-state index < -0.39 is 0 Å². The molecule has 9 nitrogen and oxygen atoms in total. The number of nitrogens with zero attached hydrogens (tertiary/aromatic N) is 8. The van der Waals surface area contributed by atoms with Gasteiger partial charge < -0.3 is 9.64 Å². The molecule has 0 spiro atoms. The van der Waals surface area contributed by atoms with Gasteiger partial charge in [0.2, 0.25) is 0 Å². The maximum absolute atomic E-state index is 9.52. The van der Waals surface area contributed by atoms with Gasteiger partial charge in [-0.1, -0.05) is 12.2 Å². The van der Waals surface area contributed by atoms with Crippen molar-refractivity contribution < 1.29 is 4.74 Å². The fourth-order valence-corrected chi connectivity index (χ4v) is 4.00. The minimum Gasteiger partial charge on any atom is -0.495 e. The highest BCUT2D eigenvalue weighted by Gasteiger charge is 2.22. The maximum atomic E-state index is 9.52. The van der Waals surface area contributed by atoms with Gasteiger partial charge in [0.25, 0.3) is 0 Å². The van der Waals surface area contributed by atoms with Crippen LogP contribution in [0.5, 0.6) is 5.75 Å². The van der Waals surface area contributed by atoms with Gasteiger partial charge in [-0.15, -0.1) is 0 Å². The number of aryl methyl sites for hydroxylation is 1.